The molecule has 3 heteroatoms. The van der Waals surface area contributed by atoms with Crippen molar-refractivity contribution in [1.82, 2.24) is 0 Å². The second-order valence-corrected chi connectivity index (χ2v) is 2.63. The molecule has 3 nitrogen and oxygen atoms in total. The molecule has 1 aliphatic rings. The summed E-state index contributed by atoms with van der Waals surface area (Å²) in [5.74, 6) is -2.37. The average Bonchev–Trinajstić information content (AvgIpc) is 2.05. The minimum Gasteiger partial charge on any atom is -0.475 e. The highest BCUT2D eigenvalue weighted by atomic mass is 16.4. The number of rotatable bonds is 2. The van der Waals surface area contributed by atoms with E-state index < -0.39 is 11.8 Å². The molecule has 11 heavy (non-hydrogen) atoms. The van der Waals surface area contributed by atoms with Gasteiger partial charge in [0, 0.05) is 5.92 Å². The van der Waals surface area contributed by atoms with Gasteiger partial charge in [0.15, 0.2) is 0 Å². The SMILES string of the molecule is O=C(O)C(=O)C1C=CCCC1. The average molecular weight is 154 g/mol. The fourth-order valence-corrected chi connectivity index (χ4v) is 1.19. The summed E-state index contributed by atoms with van der Waals surface area (Å²) in [5, 5.41) is 8.35. The number of allylic oxidation sites excluding steroid dienone is 2. The summed E-state index contributed by atoms with van der Waals surface area (Å²) < 4.78 is 0. The van der Waals surface area contributed by atoms with Gasteiger partial charge in [-0.1, -0.05) is 12.2 Å². The van der Waals surface area contributed by atoms with Gasteiger partial charge >= 0.3 is 5.97 Å². The molecule has 0 amide bonds. The lowest BCUT2D eigenvalue weighted by atomic mass is 9.92. The first-order valence-electron chi connectivity index (χ1n) is 3.65. The number of carboxylic acids is 1. The van der Waals surface area contributed by atoms with Gasteiger partial charge in [-0.2, -0.15) is 0 Å². The molecule has 0 aromatic rings. The maximum absolute atomic E-state index is 10.8. The van der Waals surface area contributed by atoms with Gasteiger partial charge in [0.1, 0.15) is 0 Å². The van der Waals surface area contributed by atoms with Crippen LogP contribution in [-0.2, 0) is 9.59 Å². The van der Waals surface area contributed by atoms with E-state index in [0.717, 1.165) is 12.8 Å². The molecule has 60 valence electrons. The highest BCUT2D eigenvalue weighted by molar-refractivity contribution is 6.33. The van der Waals surface area contributed by atoms with Crippen molar-refractivity contribution in [3.63, 3.8) is 0 Å². The van der Waals surface area contributed by atoms with Crippen LogP contribution in [0.5, 0.6) is 0 Å². The summed E-state index contributed by atoms with van der Waals surface area (Å²) in [4.78, 5) is 21.1. The molecule has 0 aromatic heterocycles. The Morgan fingerprint density at radius 2 is 2.18 bits per heavy atom. The summed E-state index contributed by atoms with van der Waals surface area (Å²) in [6, 6.07) is 0. The van der Waals surface area contributed by atoms with Crippen LogP contribution in [0.4, 0.5) is 0 Å². The minimum absolute atomic E-state index is 0.374. The number of carboxylic acid groups (broad SMARTS) is 1. The third-order valence-electron chi connectivity index (χ3n) is 1.80. The van der Waals surface area contributed by atoms with E-state index in [1.165, 1.54) is 0 Å². The lowest BCUT2D eigenvalue weighted by Crippen LogP contribution is -2.22. The molecule has 1 N–H and O–H groups in total. The lowest BCUT2D eigenvalue weighted by Gasteiger charge is -2.11. The number of ketones is 1. The highest BCUT2D eigenvalue weighted by Crippen LogP contribution is 2.17. The van der Waals surface area contributed by atoms with Gasteiger partial charge in [0.25, 0.3) is 0 Å². The number of hydrogen-bond acceptors (Lipinski definition) is 2. The first-order valence-corrected chi connectivity index (χ1v) is 3.65. The van der Waals surface area contributed by atoms with Crippen LogP contribution in [0.2, 0.25) is 0 Å². The van der Waals surface area contributed by atoms with Crippen LogP contribution in [0.25, 0.3) is 0 Å². The van der Waals surface area contributed by atoms with E-state index in [0.29, 0.717) is 6.42 Å². The normalized spacial score (nSPS) is 23.1. The molecule has 0 saturated heterocycles. The molecule has 1 atom stereocenters. The second kappa shape index (κ2) is 3.32. The van der Waals surface area contributed by atoms with E-state index in [-0.39, 0.29) is 5.92 Å². The molecule has 0 heterocycles. The molecule has 0 spiro atoms. The van der Waals surface area contributed by atoms with Gasteiger partial charge in [-0.15, -0.1) is 0 Å². The molecule has 0 fully saturated rings. The molecule has 1 rings (SSSR count). The van der Waals surface area contributed by atoms with Crippen LogP contribution >= 0.6 is 0 Å². The number of aliphatic carboxylic acids is 1. The largest absolute Gasteiger partial charge is 0.475 e. The molecule has 0 radical (unpaired) electrons. The maximum atomic E-state index is 10.8. The quantitative estimate of drug-likeness (QED) is 0.476. The molecule has 0 aromatic carbocycles. The summed E-state index contributed by atoms with van der Waals surface area (Å²) in [6.07, 6.45) is 6.13. The van der Waals surface area contributed by atoms with Crippen molar-refractivity contribution in [2.24, 2.45) is 5.92 Å². The standard InChI is InChI=1S/C8H10O3/c9-7(8(10)11)6-4-2-1-3-5-6/h2,4,6H,1,3,5H2,(H,10,11). The Morgan fingerprint density at radius 3 is 2.64 bits per heavy atom. The predicted octanol–water partition coefficient (Wildman–Crippen LogP) is 0.996. The van der Waals surface area contributed by atoms with Crippen LogP contribution in [0, 0.1) is 5.92 Å². The Balaban J connectivity index is 2.59. The minimum atomic E-state index is -1.32. The zero-order valence-electron chi connectivity index (χ0n) is 6.12. The Kier molecular flexibility index (Phi) is 2.41. The fraction of sp³-hybridized carbons (Fsp3) is 0.500. The van der Waals surface area contributed by atoms with Crippen LogP contribution < -0.4 is 0 Å². The Morgan fingerprint density at radius 1 is 1.45 bits per heavy atom. The van der Waals surface area contributed by atoms with Crippen molar-refractivity contribution in [2.45, 2.75) is 19.3 Å². The molecule has 0 saturated carbocycles. The summed E-state index contributed by atoms with van der Waals surface area (Å²) >= 11 is 0. The maximum Gasteiger partial charge on any atom is 0.372 e. The van der Waals surface area contributed by atoms with Gasteiger partial charge in [-0.05, 0) is 19.3 Å². The molecular formula is C8H10O3. The number of carbonyl (C=O) groups is 2. The predicted molar refractivity (Wildman–Crippen MR) is 39.1 cm³/mol. The van der Waals surface area contributed by atoms with Crippen molar-refractivity contribution < 1.29 is 14.7 Å². The third kappa shape index (κ3) is 1.90. The van der Waals surface area contributed by atoms with Crippen LogP contribution in [0.1, 0.15) is 19.3 Å². The van der Waals surface area contributed by atoms with Crippen molar-refractivity contribution in [3.8, 4) is 0 Å². The number of Topliss-reactive ketones (excluding diaryl/α,β-unsaturated/α-hetero) is 1. The lowest BCUT2D eigenvalue weighted by molar-refractivity contribution is -0.150. The van der Waals surface area contributed by atoms with E-state index >= 15 is 0 Å². The van der Waals surface area contributed by atoms with Crippen LogP contribution in [0.3, 0.4) is 0 Å². The van der Waals surface area contributed by atoms with Crippen LogP contribution in [-0.4, -0.2) is 16.9 Å². The molecule has 1 unspecified atom stereocenters. The van der Waals surface area contributed by atoms with Gasteiger partial charge in [0.2, 0.25) is 5.78 Å². The Labute approximate surface area is 64.7 Å². The smallest absolute Gasteiger partial charge is 0.372 e. The fourth-order valence-electron chi connectivity index (χ4n) is 1.19. The molecular weight excluding hydrogens is 144 g/mol. The summed E-state index contributed by atoms with van der Waals surface area (Å²) in [7, 11) is 0. The van der Waals surface area contributed by atoms with E-state index in [1.807, 2.05) is 6.08 Å². The van der Waals surface area contributed by atoms with Gasteiger partial charge in [-0.25, -0.2) is 4.79 Å². The van der Waals surface area contributed by atoms with E-state index in [4.69, 9.17) is 5.11 Å². The van der Waals surface area contributed by atoms with Gasteiger partial charge in [-0.3, -0.25) is 4.79 Å². The van der Waals surface area contributed by atoms with Gasteiger partial charge in [0.05, 0.1) is 0 Å². The molecule has 0 aliphatic heterocycles. The number of carbonyl (C=O) groups excluding carboxylic acids is 1. The van der Waals surface area contributed by atoms with E-state index in [2.05, 4.69) is 0 Å². The highest BCUT2D eigenvalue weighted by Gasteiger charge is 2.22. The summed E-state index contributed by atoms with van der Waals surface area (Å²) in [6.45, 7) is 0. The molecule has 1 aliphatic carbocycles. The van der Waals surface area contributed by atoms with Crippen molar-refractivity contribution in [3.05, 3.63) is 12.2 Å². The second-order valence-electron chi connectivity index (χ2n) is 2.63. The topological polar surface area (TPSA) is 54.4 Å². The third-order valence-corrected chi connectivity index (χ3v) is 1.80. The Hall–Kier alpha value is -1.12. The van der Waals surface area contributed by atoms with E-state index in [1.54, 1.807) is 6.08 Å². The molecule has 0 bridgehead atoms. The zero-order chi connectivity index (χ0) is 8.27. The first kappa shape index (κ1) is 7.98. The van der Waals surface area contributed by atoms with Gasteiger partial charge < -0.3 is 5.11 Å². The Bertz CT molecular complexity index is 205. The number of hydrogen-bond donors (Lipinski definition) is 1. The first-order chi connectivity index (χ1) is 5.22. The van der Waals surface area contributed by atoms with Crippen molar-refractivity contribution in [2.75, 3.05) is 0 Å². The zero-order valence-corrected chi connectivity index (χ0v) is 6.12. The van der Waals surface area contributed by atoms with Crippen molar-refractivity contribution >= 4 is 11.8 Å². The van der Waals surface area contributed by atoms with Crippen molar-refractivity contribution in [1.29, 1.82) is 0 Å². The van der Waals surface area contributed by atoms with Crippen LogP contribution in [0.15, 0.2) is 12.2 Å². The monoisotopic (exact) mass is 154 g/mol. The van der Waals surface area contributed by atoms with E-state index in [9.17, 15) is 9.59 Å². The summed E-state index contributed by atoms with van der Waals surface area (Å²) in [5.41, 5.74) is 0.